The van der Waals surface area contributed by atoms with Crippen LogP contribution >= 0.6 is 0 Å². The number of alkyl halides is 3. The van der Waals surface area contributed by atoms with Crippen molar-refractivity contribution in [2.75, 3.05) is 0 Å². The Morgan fingerprint density at radius 3 is 1.93 bits per heavy atom. The van der Waals surface area contributed by atoms with Crippen LogP contribution in [0.15, 0.2) is 54.7 Å². The molecule has 0 bridgehead atoms. The van der Waals surface area contributed by atoms with Crippen LogP contribution in [-0.2, 0) is 26.3 Å². The van der Waals surface area contributed by atoms with Gasteiger partial charge >= 0.3 is 6.18 Å². The van der Waals surface area contributed by atoms with Gasteiger partial charge in [0.1, 0.15) is 18.5 Å². The third kappa shape index (κ3) is 5.57. The van der Waals surface area contributed by atoms with Crippen molar-refractivity contribution in [1.29, 1.82) is 0 Å². The second-order valence-corrected chi connectivity index (χ2v) is 16.3. The molecule has 0 spiro atoms. The van der Waals surface area contributed by atoms with Crippen LogP contribution in [0, 0.1) is 23.2 Å². The van der Waals surface area contributed by atoms with Crippen molar-refractivity contribution in [2.45, 2.75) is 87.8 Å². The van der Waals surface area contributed by atoms with Crippen molar-refractivity contribution >= 4 is 32.3 Å². The van der Waals surface area contributed by atoms with Gasteiger partial charge in [-0.05, 0) is 81.3 Å². The lowest BCUT2D eigenvalue weighted by atomic mass is 9.80. The third-order valence-corrected chi connectivity index (χ3v) is 9.26. The Morgan fingerprint density at radius 2 is 1.31 bits per heavy atom. The number of pyridine rings is 1. The van der Waals surface area contributed by atoms with Crippen molar-refractivity contribution in [3.63, 3.8) is 0 Å². The summed E-state index contributed by atoms with van der Waals surface area (Å²) < 4.78 is 50.5. The zero-order valence-corrected chi connectivity index (χ0v) is 28.3. The largest absolute Gasteiger partial charge is 0.455 e. The molecule has 2 nitrogen and oxygen atoms in total. The minimum absolute atomic E-state index is 0.0153. The van der Waals surface area contributed by atoms with E-state index in [1.54, 1.807) is 0 Å². The molecule has 0 amide bonds. The van der Waals surface area contributed by atoms with E-state index < -0.39 is 11.6 Å². The summed E-state index contributed by atoms with van der Waals surface area (Å²) in [6, 6.07) is 16.8. The number of aromatic nitrogens is 1. The van der Waals surface area contributed by atoms with Crippen LogP contribution in [0.4, 0.5) is 13.2 Å². The summed E-state index contributed by atoms with van der Waals surface area (Å²) in [5.74, 6) is 1.64. The molecule has 5 heteroatoms. The molecule has 0 saturated heterocycles. The van der Waals surface area contributed by atoms with E-state index in [1.165, 1.54) is 41.3 Å². The molecule has 5 aromatic rings. The normalized spacial score (nSPS) is 13.9. The zero-order chi connectivity index (χ0) is 32.9. The van der Waals surface area contributed by atoms with Gasteiger partial charge in [-0.2, -0.15) is 13.2 Å². The quantitative estimate of drug-likeness (QED) is 0.143. The lowest BCUT2D eigenvalue weighted by Gasteiger charge is -2.29. The number of aryl methyl sites for hydroxylation is 2. The van der Waals surface area contributed by atoms with E-state index in [9.17, 15) is 13.2 Å². The van der Waals surface area contributed by atoms with Crippen LogP contribution in [0.25, 0.3) is 43.6 Å². The maximum atomic E-state index is 13.8. The Morgan fingerprint density at radius 1 is 0.689 bits per heavy atom. The number of hydrogen-bond donors (Lipinski definition) is 0. The minimum Gasteiger partial charge on any atom is -0.455 e. The zero-order valence-electron chi connectivity index (χ0n) is 28.3. The molecule has 1 aliphatic rings. The van der Waals surface area contributed by atoms with Gasteiger partial charge in [0.15, 0.2) is 6.20 Å². The minimum atomic E-state index is -4.29. The van der Waals surface area contributed by atoms with Crippen LogP contribution in [0.1, 0.15) is 77.6 Å². The number of rotatable bonds is 4. The van der Waals surface area contributed by atoms with Crippen LogP contribution in [0.5, 0.6) is 11.5 Å². The first-order valence-electron chi connectivity index (χ1n) is 16.0. The Hall–Kier alpha value is -3.60. The lowest BCUT2D eigenvalue weighted by Crippen LogP contribution is -2.34. The summed E-state index contributed by atoms with van der Waals surface area (Å²) in [5.41, 5.74) is 4.99. The Bertz CT molecular complexity index is 2000. The number of halogens is 3. The van der Waals surface area contributed by atoms with E-state index in [1.807, 2.05) is 24.3 Å². The van der Waals surface area contributed by atoms with Gasteiger partial charge in [-0.1, -0.05) is 91.8 Å². The summed E-state index contributed by atoms with van der Waals surface area (Å²) >= 11 is 0. The fourth-order valence-electron chi connectivity index (χ4n) is 7.09. The van der Waals surface area contributed by atoms with E-state index in [0.717, 1.165) is 57.1 Å². The number of hydrogen-bond acceptors (Lipinski definition) is 1. The maximum Gasteiger partial charge on any atom is 0.394 e. The van der Waals surface area contributed by atoms with Gasteiger partial charge in [-0.25, -0.2) is 4.57 Å². The molecule has 45 heavy (non-hydrogen) atoms. The molecule has 0 saturated carbocycles. The fourth-order valence-corrected chi connectivity index (χ4v) is 7.09. The van der Waals surface area contributed by atoms with Gasteiger partial charge in [-0.15, -0.1) is 0 Å². The topological polar surface area (TPSA) is 13.1 Å². The number of fused-ring (bicyclic) bond motifs is 5. The summed E-state index contributed by atoms with van der Waals surface area (Å²) in [6.07, 6.45) is -0.448. The molecule has 1 aromatic heterocycles. The lowest BCUT2D eigenvalue weighted by molar-refractivity contribution is -0.659. The van der Waals surface area contributed by atoms with E-state index in [-0.39, 0.29) is 17.3 Å². The smallest absolute Gasteiger partial charge is 0.394 e. The van der Waals surface area contributed by atoms with E-state index in [2.05, 4.69) is 90.5 Å². The SMILES string of the molecule is Cc1c2c(c(CC(C)(C)C)c3ccc(CC(C)(C)C)cc13)Oc1cc3cc(CC(C)(C)C(F)(F)F)ccc3c3cc[n+](C)c-2c13. The molecule has 2 heterocycles. The van der Waals surface area contributed by atoms with Gasteiger partial charge in [0.05, 0.1) is 16.4 Å². The van der Waals surface area contributed by atoms with Gasteiger partial charge in [0.25, 0.3) is 0 Å². The van der Waals surface area contributed by atoms with E-state index >= 15 is 0 Å². The first-order chi connectivity index (χ1) is 20.7. The number of ether oxygens (including phenoxy) is 1. The third-order valence-electron chi connectivity index (χ3n) is 9.26. The standard InChI is InChI=1S/C40H45F3NO/c1-23-30-18-25(20-37(2,3)4)12-14-28(30)31(22-38(5,6)7)36-33(23)35-34-29(15-16-44(35)10)27-13-11-24(17-26(27)19-32(34)45-36)21-39(8,9)40(41,42)43/h11-19H,20-22H2,1-10H3/q+1. The first-order valence-corrected chi connectivity index (χ1v) is 16.0. The molecule has 4 aromatic carbocycles. The number of nitrogens with zero attached hydrogens (tertiary/aromatic N) is 1. The summed E-state index contributed by atoms with van der Waals surface area (Å²) in [7, 11) is 2.09. The van der Waals surface area contributed by atoms with Crippen molar-refractivity contribution in [3.8, 4) is 22.8 Å². The highest BCUT2D eigenvalue weighted by Crippen LogP contribution is 2.53. The average Bonchev–Trinajstić information content (AvgIpc) is 2.89. The molecule has 0 N–H and O–H groups in total. The Balaban J connectivity index is 1.64. The second kappa shape index (κ2) is 10.2. The van der Waals surface area contributed by atoms with Crippen LogP contribution < -0.4 is 9.30 Å². The molecule has 0 radical (unpaired) electrons. The molecular weight excluding hydrogens is 567 g/mol. The van der Waals surface area contributed by atoms with Gasteiger partial charge < -0.3 is 4.74 Å². The van der Waals surface area contributed by atoms with Gasteiger partial charge in [0.2, 0.25) is 5.69 Å². The molecule has 6 rings (SSSR count). The van der Waals surface area contributed by atoms with Crippen molar-refractivity contribution in [1.82, 2.24) is 0 Å². The summed E-state index contributed by atoms with van der Waals surface area (Å²) in [4.78, 5) is 0. The molecule has 0 fully saturated rings. The highest BCUT2D eigenvalue weighted by Gasteiger charge is 2.47. The molecule has 0 aliphatic carbocycles. The van der Waals surface area contributed by atoms with Crippen molar-refractivity contribution in [2.24, 2.45) is 23.3 Å². The molecule has 236 valence electrons. The highest BCUT2D eigenvalue weighted by molar-refractivity contribution is 6.16. The maximum absolute atomic E-state index is 13.8. The Kier molecular flexibility index (Phi) is 7.12. The predicted molar refractivity (Wildman–Crippen MR) is 180 cm³/mol. The highest BCUT2D eigenvalue weighted by atomic mass is 19.4. The average molecular weight is 613 g/mol. The van der Waals surface area contributed by atoms with Crippen LogP contribution in [0.3, 0.4) is 0 Å². The summed E-state index contributed by atoms with van der Waals surface area (Å²) in [5, 5.41) is 6.46. The Labute approximate surface area is 265 Å². The molecule has 1 aliphatic heterocycles. The fraction of sp³-hybridized carbons (Fsp3) is 0.425. The monoisotopic (exact) mass is 612 g/mol. The van der Waals surface area contributed by atoms with Crippen LogP contribution in [-0.4, -0.2) is 6.18 Å². The van der Waals surface area contributed by atoms with E-state index in [0.29, 0.717) is 5.56 Å². The summed E-state index contributed by atoms with van der Waals surface area (Å²) in [6.45, 7) is 18.3. The van der Waals surface area contributed by atoms with Crippen molar-refractivity contribution < 1.29 is 22.5 Å². The van der Waals surface area contributed by atoms with E-state index in [4.69, 9.17) is 4.74 Å². The predicted octanol–water partition coefficient (Wildman–Crippen LogP) is 11.4. The first kappa shape index (κ1) is 31.4. The molecule has 0 atom stereocenters. The van der Waals surface area contributed by atoms with Gasteiger partial charge in [-0.3, -0.25) is 0 Å². The molecule has 0 unspecified atom stereocenters. The van der Waals surface area contributed by atoms with Crippen LogP contribution in [0.2, 0.25) is 0 Å². The van der Waals surface area contributed by atoms with Gasteiger partial charge in [0, 0.05) is 17.0 Å². The van der Waals surface area contributed by atoms with Crippen molar-refractivity contribution in [3.05, 3.63) is 77.0 Å². The number of benzene rings is 4. The second-order valence-electron chi connectivity index (χ2n) is 16.3. The molecular formula is C40H45F3NO+.